The van der Waals surface area contributed by atoms with E-state index in [0.717, 1.165) is 0 Å². The lowest BCUT2D eigenvalue weighted by molar-refractivity contribution is 0.432. The Morgan fingerprint density at radius 2 is 2.40 bits per heavy atom. The van der Waals surface area contributed by atoms with E-state index >= 15 is 0 Å². The highest BCUT2D eigenvalue weighted by Gasteiger charge is 2.07. The highest BCUT2D eigenvalue weighted by molar-refractivity contribution is 7.10. The Morgan fingerprint density at radius 3 is 3.00 bits per heavy atom. The quantitative estimate of drug-likeness (QED) is 0.864. The summed E-state index contributed by atoms with van der Waals surface area (Å²) >= 11 is 1.74. The first-order chi connectivity index (χ1) is 7.25. The van der Waals surface area contributed by atoms with Crippen LogP contribution < -0.4 is 5.32 Å². The molecule has 0 aliphatic carbocycles. The van der Waals surface area contributed by atoms with Gasteiger partial charge in [-0.2, -0.15) is 0 Å². The Bertz CT molecular complexity index is 410. The van der Waals surface area contributed by atoms with E-state index in [4.69, 9.17) is 4.42 Å². The van der Waals surface area contributed by atoms with Crippen LogP contribution in [-0.4, -0.2) is 10.2 Å². The summed E-state index contributed by atoms with van der Waals surface area (Å²) < 4.78 is 5.27. The molecule has 2 rings (SSSR count). The van der Waals surface area contributed by atoms with Gasteiger partial charge in [-0.25, -0.2) is 0 Å². The minimum atomic E-state index is 0.317. The molecule has 0 fully saturated rings. The van der Waals surface area contributed by atoms with E-state index < -0.39 is 0 Å². The smallest absolute Gasteiger partial charge is 0.230 e. The van der Waals surface area contributed by atoms with Gasteiger partial charge in [0, 0.05) is 17.8 Å². The normalized spacial score (nSPS) is 12.9. The lowest BCUT2D eigenvalue weighted by Gasteiger charge is -2.09. The van der Waals surface area contributed by atoms with Crippen molar-refractivity contribution in [1.82, 2.24) is 15.5 Å². The van der Waals surface area contributed by atoms with Crippen molar-refractivity contribution < 1.29 is 4.42 Å². The van der Waals surface area contributed by atoms with Gasteiger partial charge in [0.1, 0.15) is 0 Å². The molecule has 0 amide bonds. The average Bonchev–Trinajstić information content (AvgIpc) is 2.84. The van der Waals surface area contributed by atoms with E-state index in [1.54, 1.807) is 18.3 Å². The summed E-state index contributed by atoms with van der Waals surface area (Å²) in [6.07, 6.45) is 0. The van der Waals surface area contributed by atoms with E-state index in [-0.39, 0.29) is 0 Å². The van der Waals surface area contributed by atoms with Crippen molar-refractivity contribution in [2.45, 2.75) is 26.4 Å². The molecule has 2 aromatic heterocycles. The standard InChI is InChI=1S/C10H13N3OS/c1-7(9-4-3-5-15-9)11-6-10-13-12-8(2)14-10/h3-5,7,11H,6H2,1-2H3. The van der Waals surface area contributed by atoms with Gasteiger partial charge in [-0.05, 0) is 18.4 Å². The second kappa shape index (κ2) is 4.55. The first-order valence-electron chi connectivity index (χ1n) is 4.81. The maximum absolute atomic E-state index is 5.27. The monoisotopic (exact) mass is 223 g/mol. The molecule has 0 spiro atoms. The van der Waals surface area contributed by atoms with Gasteiger partial charge < -0.3 is 9.73 Å². The second-order valence-electron chi connectivity index (χ2n) is 3.33. The summed E-state index contributed by atoms with van der Waals surface area (Å²) in [7, 11) is 0. The van der Waals surface area contributed by atoms with Crippen molar-refractivity contribution in [3.05, 3.63) is 34.2 Å². The molecule has 0 aliphatic rings. The fourth-order valence-electron chi connectivity index (χ4n) is 1.29. The number of nitrogens with zero attached hydrogens (tertiary/aromatic N) is 2. The summed E-state index contributed by atoms with van der Waals surface area (Å²) in [6, 6.07) is 4.48. The van der Waals surface area contributed by atoms with Gasteiger partial charge in [0.15, 0.2) is 0 Å². The molecule has 0 bridgehead atoms. The van der Waals surface area contributed by atoms with E-state index in [1.807, 2.05) is 0 Å². The number of hydrogen-bond donors (Lipinski definition) is 1. The van der Waals surface area contributed by atoms with Crippen molar-refractivity contribution >= 4 is 11.3 Å². The van der Waals surface area contributed by atoms with Gasteiger partial charge in [0.25, 0.3) is 0 Å². The molecule has 1 unspecified atom stereocenters. The predicted octanol–water partition coefficient (Wildman–Crippen LogP) is 2.29. The first kappa shape index (κ1) is 10.3. The van der Waals surface area contributed by atoms with Crippen LogP contribution in [0.25, 0.3) is 0 Å². The summed E-state index contributed by atoms with van der Waals surface area (Å²) in [5, 5.41) is 13.1. The van der Waals surface area contributed by atoms with Crippen LogP contribution in [0.15, 0.2) is 21.9 Å². The fourth-order valence-corrected chi connectivity index (χ4v) is 2.05. The number of rotatable bonds is 4. The molecule has 4 nitrogen and oxygen atoms in total. The molecular formula is C10H13N3OS. The van der Waals surface area contributed by atoms with E-state index in [2.05, 4.69) is 40.0 Å². The zero-order valence-corrected chi connectivity index (χ0v) is 9.54. The third-order valence-electron chi connectivity index (χ3n) is 2.10. The van der Waals surface area contributed by atoms with Crippen LogP contribution >= 0.6 is 11.3 Å². The van der Waals surface area contributed by atoms with E-state index in [0.29, 0.717) is 24.4 Å². The largest absolute Gasteiger partial charge is 0.424 e. The molecule has 2 heterocycles. The molecule has 1 atom stereocenters. The van der Waals surface area contributed by atoms with Crippen molar-refractivity contribution in [3.8, 4) is 0 Å². The molecule has 0 saturated carbocycles. The number of aromatic nitrogens is 2. The summed E-state index contributed by atoms with van der Waals surface area (Å²) in [5.41, 5.74) is 0. The minimum absolute atomic E-state index is 0.317. The first-order valence-corrected chi connectivity index (χ1v) is 5.69. The van der Waals surface area contributed by atoms with E-state index in [9.17, 15) is 0 Å². The summed E-state index contributed by atoms with van der Waals surface area (Å²) in [6.45, 7) is 4.52. The SMILES string of the molecule is Cc1nnc(CNC(C)c2cccs2)o1. The Kier molecular flexibility index (Phi) is 3.13. The average molecular weight is 223 g/mol. The molecule has 0 aromatic carbocycles. The van der Waals surface area contributed by atoms with Crippen LogP contribution in [-0.2, 0) is 6.54 Å². The Balaban J connectivity index is 1.88. The molecular weight excluding hydrogens is 210 g/mol. The maximum Gasteiger partial charge on any atom is 0.230 e. The van der Waals surface area contributed by atoms with Gasteiger partial charge in [0.05, 0.1) is 6.54 Å². The van der Waals surface area contributed by atoms with Crippen LogP contribution in [0.1, 0.15) is 29.6 Å². The van der Waals surface area contributed by atoms with Gasteiger partial charge in [-0.1, -0.05) is 6.07 Å². The molecule has 80 valence electrons. The molecule has 15 heavy (non-hydrogen) atoms. The third kappa shape index (κ3) is 2.64. The number of nitrogens with one attached hydrogen (secondary N) is 1. The molecule has 0 saturated heterocycles. The Labute approximate surface area is 92.3 Å². The minimum Gasteiger partial charge on any atom is -0.424 e. The van der Waals surface area contributed by atoms with Gasteiger partial charge in [-0.15, -0.1) is 21.5 Å². The molecule has 2 aromatic rings. The van der Waals surface area contributed by atoms with Crippen LogP contribution in [0, 0.1) is 6.92 Å². The maximum atomic E-state index is 5.27. The fraction of sp³-hybridized carbons (Fsp3) is 0.400. The summed E-state index contributed by atoms with van der Waals surface area (Å²) in [5.74, 6) is 1.24. The molecule has 0 radical (unpaired) electrons. The van der Waals surface area contributed by atoms with Crippen molar-refractivity contribution in [2.24, 2.45) is 0 Å². The second-order valence-corrected chi connectivity index (χ2v) is 4.31. The highest BCUT2D eigenvalue weighted by atomic mass is 32.1. The Morgan fingerprint density at radius 1 is 1.53 bits per heavy atom. The topological polar surface area (TPSA) is 51.0 Å². The molecule has 5 heteroatoms. The van der Waals surface area contributed by atoms with Crippen molar-refractivity contribution in [1.29, 1.82) is 0 Å². The zero-order chi connectivity index (χ0) is 10.7. The van der Waals surface area contributed by atoms with Crippen LogP contribution in [0.4, 0.5) is 0 Å². The zero-order valence-electron chi connectivity index (χ0n) is 8.73. The van der Waals surface area contributed by atoms with E-state index in [1.165, 1.54) is 4.88 Å². The molecule has 0 aliphatic heterocycles. The Hall–Kier alpha value is -1.20. The molecule has 1 N–H and O–H groups in total. The third-order valence-corrected chi connectivity index (χ3v) is 3.15. The highest BCUT2D eigenvalue weighted by Crippen LogP contribution is 2.18. The lowest BCUT2D eigenvalue weighted by Crippen LogP contribution is -2.17. The van der Waals surface area contributed by atoms with Crippen LogP contribution in [0.5, 0.6) is 0 Å². The van der Waals surface area contributed by atoms with Crippen molar-refractivity contribution in [3.63, 3.8) is 0 Å². The predicted molar refractivity (Wildman–Crippen MR) is 58.6 cm³/mol. The number of aryl methyl sites for hydroxylation is 1. The van der Waals surface area contributed by atoms with Crippen LogP contribution in [0.3, 0.4) is 0 Å². The number of hydrogen-bond acceptors (Lipinski definition) is 5. The van der Waals surface area contributed by atoms with Crippen molar-refractivity contribution in [2.75, 3.05) is 0 Å². The van der Waals surface area contributed by atoms with Gasteiger partial charge in [0.2, 0.25) is 11.8 Å². The van der Waals surface area contributed by atoms with Gasteiger partial charge >= 0.3 is 0 Å². The van der Waals surface area contributed by atoms with Crippen LogP contribution in [0.2, 0.25) is 0 Å². The van der Waals surface area contributed by atoms with Gasteiger partial charge in [-0.3, -0.25) is 0 Å². The summed E-state index contributed by atoms with van der Waals surface area (Å²) in [4.78, 5) is 1.31. The lowest BCUT2D eigenvalue weighted by atomic mass is 10.3. The number of thiophene rings is 1.